The molecule has 15 rings (SSSR count). The second kappa shape index (κ2) is 12.7. The molecular formula is C59H35N5O. The van der Waals surface area contributed by atoms with E-state index in [1.54, 1.807) is 0 Å². The molecular weight excluding hydrogens is 795 g/mol. The van der Waals surface area contributed by atoms with Gasteiger partial charge in [0.15, 0.2) is 5.75 Å². The van der Waals surface area contributed by atoms with Crippen molar-refractivity contribution in [3.63, 3.8) is 0 Å². The molecule has 13 aromatic rings. The predicted octanol–water partition coefficient (Wildman–Crippen LogP) is 14.2. The molecule has 6 heterocycles. The lowest BCUT2D eigenvalue weighted by molar-refractivity contribution is 0.434. The lowest BCUT2D eigenvalue weighted by Crippen LogP contribution is -2.32. The van der Waals surface area contributed by atoms with Gasteiger partial charge in [-0.25, -0.2) is 0 Å². The number of pyridine rings is 2. The summed E-state index contributed by atoms with van der Waals surface area (Å²) < 4.78 is 14.4. The Morgan fingerprint density at radius 1 is 0.354 bits per heavy atom. The number of nitrogens with zero attached hydrogens (tertiary/aromatic N) is 5. The van der Waals surface area contributed by atoms with E-state index in [0.717, 1.165) is 84.3 Å². The van der Waals surface area contributed by atoms with Crippen LogP contribution in [0, 0.1) is 0 Å². The fourth-order valence-electron chi connectivity index (χ4n) is 11.7. The van der Waals surface area contributed by atoms with Crippen LogP contribution in [0.1, 0.15) is 22.3 Å². The lowest BCUT2D eigenvalue weighted by Gasteiger charge is -2.39. The van der Waals surface area contributed by atoms with E-state index in [9.17, 15) is 0 Å². The van der Waals surface area contributed by atoms with Crippen LogP contribution in [0.4, 0.5) is 0 Å². The second-order valence-electron chi connectivity index (χ2n) is 17.3. The summed E-state index contributed by atoms with van der Waals surface area (Å²) in [5, 5.41) is 7.26. The molecule has 65 heavy (non-hydrogen) atoms. The van der Waals surface area contributed by atoms with E-state index in [1.807, 2.05) is 12.4 Å². The van der Waals surface area contributed by atoms with E-state index in [2.05, 4.69) is 214 Å². The van der Waals surface area contributed by atoms with Crippen LogP contribution in [-0.4, -0.2) is 23.7 Å². The van der Waals surface area contributed by atoms with Crippen LogP contribution in [0.5, 0.6) is 11.5 Å². The van der Waals surface area contributed by atoms with Gasteiger partial charge in [0.1, 0.15) is 5.75 Å². The monoisotopic (exact) mass is 829 g/mol. The normalized spacial score (nSPS) is 15.0. The average Bonchev–Trinajstić information content (AvgIpc) is 4.08. The van der Waals surface area contributed by atoms with Crippen molar-refractivity contribution < 1.29 is 4.74 Å². The summed E-state index contributed by atoms with van der Waals surface area (Å²) in [6.45, 7) is 0. The molecule has 0 amide bonds. The third-order valence-corrected chi connectivity index (χ3v) is 14.2. The highest BCUT2D eigenvalue weighted by atomic mass is 16.5. The third-order valence-electron chi connectivity index (χ3n) is 14.2. The molecule has 0 N–H and O–H groups in total. The van der Waals surface area contributed by atoms with Crippen molar-refractivity contribution in [1.29, 1.82) is 0 Å². The Kier molecular flexibility index (Phi) is 6.79. The van der Waals surface area contributed by atoms with Crippen molar-refractivity contribution in [1.82, 2.24) is 23.7 Å². The summed E-state index contributed by atoms with van der Waals surface area (Å²) in [7, 11) is 0. The van der Waals surface area contributed by atoms with Crippen molar-refractivity contribution in [3.05, 3.63) is 235 Å². The molecule has 6 heteroatoms. The van der Waals surface area contributed by atoms with Gasteiger partial charge in [-0.15, -0.1) is 0 Å². The molecule has 0 fully saturated rings. The first-order valence-corrected chi connectivity index (χ1v) is 22.2. The number of fused-ring (bicyclic) bond motifs is 18. The molecule has 302 valence electrons. The van der Waals surface area contributed by atoms with Crippen LogP contribution < -0.4 is 4.74 Å². The Morgan fingerprint density at radius 3 is 1.52 bits per heavy atom. The van der Waals surface area contributed by atoms with E-state index in [-0.39, 0.29) is 0 Å². The molecule has 1 unspecified atom stereocenters. The molecule has 1 aliphatic heterocycles. The number of hydrogen-bond donors (Lipinski definition) is 0. The number of hydrogen-bond acceptors (Lipinski definition) is 3. The lowest BCUT2D eigenvalue weighted by atomic mass is 9.66. The SMILES string of the molecule is c1ccc2c(c1)Oc1c(-n3c4ccccc4c4cc(-n5c6ccccc6c6ccccc65)ccc43)cccc1C21c2cccnc2-c2ncc(-n3c4ccccc4c4ccccc43)cc21. The van der Waals surface area contributed by atoms with Gasteiger partial charge < -0.3 is 18.4 Å². The molecule has 1 spiro atoms. The molecule has 6 nitrogen and oxygen atoms in total. The van der Waals surface area contributed by atoms with Gasteiger partial charge in [0.05, 0.1) is 67.5 Å². The molecule has 1 atom stereocenters. The summed E-state index contributed by atoms with van der Waals surface area (Å²) in [6.07, 6.45) is 3.90. The van der Waals surface area contributed by atoms with E-state index in [0.29, 0.717) is 0 Å². The molecule has 1 aliphatic carbocycles. The molecule has 2 aliphatic rings. The Morgan fingerprint density at radius 2 is 0.862 bits per heavy atom. The van der Waals surface area contributed by atoms with E-state index < -0.39 is 5.41 Å². The molecule has 5 aromatic heterocycles. The first-order valence-electron chi connectivity index (χ1n) is 22.2. The van der Waals surface area contributed by atoms with Gasteiger partial charge in [-0.05, 0) is 78.4 Å². The molecule has 0 radical (unpaired) electrons. The summed E-state index contributed by atoms with van der Waals surface area (Å²) in [6, 6.07) is 72.2. The van der Waals surface area contributed by atoms with E-state index in [1.165, 1.54) is 43.4 Å². The minimum Gasteiger partial charge on any atom is -0.454 e. The highest BCUT2D eigenvalue weighted by molar-refractivity contribution is 6.13. The zero-order valence-electron chi connectivity index (χ0n) is 34.9. The van der Waals surface area contributed by atoms with Crippen LogP contribution in [-0.2, 0) is 5.41 Å². The first kappa shape index (κ1) is 34.8. The average molecular weight is 830 g/mol. The molecule has 0 bridgehead atoms. The van der Waals surface area contributed by atoms with Crippen molar-refractivity contribution >= 4 is 65.4 Å². The maximum Gasteiger partial charge on any atom is 0.156 e. The maximum atomic E-state index is 7.27. The van der Waals surface area contributed by atoms with Gasteiger partial charge in [-0.2, -0.15) is 0 Å². The fraction of sp³-hybridized carbons (Fsp3) is 0.0169. The van der Waals surface area contributed by atoms with Gasteiger partial charge in [0, 0.05) is 60.9 Å². The van der Waals surface area contributed by atoms with E-state index in [4.69, 9.17) is 14.7 Å². The minimum absolute atomic E-state index is 0.788. The minimum atomic E-state index is -0.788. The van der Waals surface area contributed by atoms with Crippen LogP contribution in [0.2, 0.25) is 0 Å². The summed E-state index contributed by atoms with van der Waals surface area (Å²) in [5.74, 6) is 1.62. The van der Waals surface area contributed by atoms with Crippen molar-refractivity contribution in [2.45, 2.75) is 5.41 Å². The highest BCUT2D eigenvalue weighted by Crippen LogP contribution is 2.62. The van der Waals surface area contributed by atoms with E-state index >= 15 is 0 Å². The number of aromatic nitrogens is 5. The fourth-order valence-corrected chi connectivity index (χ4v) is 11.7. The zero-order chi connectivity index (χ0) is 42.4. The van der Waals surface area contributed by atoms with Gasteiger partial charge >= 0.3 is 0 Å². The number of benzene rings is 8. The quantitative estimate of drug-likeness (QED) is 0.178. The zero-order valence-corrected chi connectivity index (χ0v) is 34.9. The molecule has 0 saturated heterocycles. The van der Waals surface area contributed by atoms with Crippen molar-refractivity contribution in [3.8, 4) is 39.9 Å². The van der Waals surface area contributed by atoms with Crippen LogP contribution in [0.15, 0.2) is 213 Å². The first-order chi connectivity index (χ1) is 32.3. The van der Waals surface area contributed by atoms with Gasteiger partial charge in [-0.3, -0.25) is 9.97 Å². The van der Waals surface area contributed by atoms with Crippen LogP contribution >= 0.6 is 0 Å². The second-order valence-corrected chi connectivity index (χ2v) is 17.3. The highest BCUT2D eigenvalue weighted by Gasteiger charge is 2.53. The number of ether oxygens (including phenoxy) is 1. The summed E-state index contributed by atoms with van der Waals surface area (Å²) in [5.41, 5.74) is 15.2. The third kappa shape index (κ3) is 4.42. The molecule has 0 saturated carbocycles. The standard InChI is InChI=1S/C59H35N5O/c1-7-23-48-38(15-1)39-16-2-8-24-49(39)62(48)36-30-31-53-43(33-36)42-19-5-11-27-52(42)64(53)54-28-13-21-46-58(54)65-55-29-12-6-20-44(55)59(46)45-22-14-32-60-56(45)57-47(59)34-37(35-61-57)63-50-25-9-3-17-40(50)41-18-4-10-26-51(41)63/h1-35H. The summed E-state index contributed by atoms with van der Waals surface area (Å²) in [4.78, 5) is 10.4. The van der Waals surface area contributed by atoms with Crippen molar-refractivity contribution in [2.24, 2.45) is 0 Å². The number of rotatable bonds is 3. The Balaban J connectivity index is 1.01. The summed E-state index contributed by atoms with van der Waals surface area (Å²) >= 11 is 0. The Bertz CT molecular complexity index is 4080. The topological polar surface area (TPSA) is 49.8 Å². The molecule has 8 aromatic carbocycles. The number of para-hydroxylation sites is 7. The van der Waals surface area contributed by atoms with Gasteiger partial charge in [-0.1, -0.05) is 127 Å². The maximum absolute atomic E-state index is 7.27. The predicted molar refractivity (Wildman–Crippen MR) is 262 cm³/mol. The van der Waals surface area contributed by atoms with Crippen LogP contribution in [0.3, 0.4) is 0 Å². The Labute approximate surface area is 372 Å². The largest absolute Gasteiger partial charge is 0.454 e. The smallest absolute Gasteiger partial charge is 0.156 e. The van der Waals surface area contributed by atoms with Crippen LogP contribution in [0.25, 0.3) is 93.9 Å². The Hall–Kier alpha value is -8.74. The van der Waals surface area contributed by atoms with Gasteiger partial charge in [0.2, 0.25) is 0 Å². The van der Waals surface area contributed by atoms with Crippen molar-refractivity contribution in [2.75, 3.05) is 0 Å². The van der Waals surface area contributed by atoms with Gasteiger partial charge in [0.25, 0.3) is 0 Å².